The molecule has 1 fully saturated rings. The van der Waals surface area contributed by atoms with E-state index in [4.69, 9.17) is 9.47 Å². The van der Waals surface area contributed by atoms with Crippen LogP contribution < -0.4 is 9.47 Å². The van der Waals surface area contributed by atoms with Crippen LogP contribution in [-0.4, -0.2) is 11.9 Å². The SMILES string of the molecule is CCCc1ccc(C2CCCC2)c(OC(=O)c2ccccc2)c1OC(=O)c1ccccc1. The Morgan fingerprint density at radius 2 is 1.28 bits per heavy atom. The molecule has 0 atom stereocenters. The van der Waals surface area contributed by atoms with Crippen LogP contribution in [0, 0.1) is 0 Å². The number of aryl methyl sites for hydroxylation is 1. The van der Waals surface area contributed by atoms with Gasteiger partial charge in [-0.2, -0.15) is 0 Å². The van der Waals surface area contributed by atoms with Gasteiger partial charge >= 0.3 is 11.9 Å². The quantitative estimate of drug-likeness (QED) is 0.309. The van der Waals surface area contributed by atoms with Gasteiger partial charge < -0.3 is 9.47 Å². The highest BCUT2D eigenvalue weighted by molar-refractivity contribution is 5.93. The van der Waals surface area contributed by atoms with E-state index in [0.29, 0.717) is 28.5 Å². The predicted octanol–water partition coefficient (Wildman–Crippen LogP) is 6.74. The average Bonchev–Trinajstić information content (AvgIpc) is 3.37. The van der Waals surface area contributed by atoms with Gasteiger partial charge in [-0.15, -0.1) is 0 Å². The molecule has 0 heterocycles. The zero-order valence-electron chi connectivity index (χ0n) is 18.4. The molecule has 0 amide bonds. The Hall–Kier alpha value is -3.40. The van der Waals surface area contributed by atoms with E-state index in [9.17, 15) is 9.59 Å². The van der Waals surface area contributed by atoms with Gasteiger partial charge in [0.15, 0.2) is 11.5 Å². The summed E-state index contributed by atoms with van der Waals surface area (Å²) in [6, 6.07) is 21.9. The fourth-order valence-corrected chi connectivity index (χ4v) is 4.31. The first-order valence-corrected chi connectivity index (χ1v) is 11.4. The molecule has 3 aromatic rings. The molecule has 0 aromatic heterocycles. The lowest BCUT2D eigenvalue weighted by atomic mass is 9.93. The summed E-state index contributed by atoms with van der Waals surface area (Å²) in [6.45, 7) is 2.07. The average molecular weight is 429 g/mol. The minimum absolute atomic E-state index is 0.290. The zero-order valence-corrected chi connectivity index (χ0v) is 18.4. The van der Waals surface area contributed by atoms with Crippen molar-refractivity contribution in [3.8, 4) is 11.5 Å². The number of benzene rings is 3. The van der Waals surface area contributed by atoms with Crippen LogP contribution in [0.4, 0.5) is 0 Å². The van der Waals surface area contributed by atoms with E-state index in [1.54, 1.807) is 48.5 Å². The Morgan fingerprint density at radius 3 is 1.81 bits per heavy atom. The summed E-state index contributed by atoms with van der Waals surface area (Å²) in [4.78, 5) is 25.9. The molecule has 1 aliphatic rings. The number of esters is 2. The fraction of sp³-hybridized carbons (Fsp3) is 0.286. The molecule has 0 aliphatic heterocycles. The molecule has 0 spiro atoms. The second-order valence-electron chi connectivity index (χ2n) is 8.21. The first-order valence-electron chi connectivity index (χ1n) is 11.4. The van der Waals surface area contributed by atoms with Gasteiger partial charge in [0.1, 0.15) is 0 Å². The highest BCUT2D eigenvalue weighted by Crippen LogP contribution is 2.45. The fourth-order valence-electron chi connectivity index (χ4n) is 4.31. The van der Waals surface area contributed by atoms with Gasteiger partial charge in [-0.25, -0.2) is 9.59 Å². The van der Waals surface area contributed by atoms with Crippen molar-refractivity contribution in [1.29, 1.82) is 0 Å². The molecule has 1 aliphatic carbocycles. The van der Waals surface area contributed by atoms with E-state index < -0.39 is 11.9 Å². The Labute approximate surface area is 189 Å². The van der Waals surface area contributed by atoms with Crippen LogP contribution >= 0.6 is 0 Å². The van der Waals surface area contributed by atoms with Crippen molar-refractivity contribution in [3.05, 3.63) is 95.1 Å². The molecule has 0 unspecified atom stereocenters. The Balaban J connectivity index is 1.77. The van der Waals surface area contributed by atoms with Crippen LogP contribution in [0.2, 0.25) is 0 Å². The van der Waals surface area contributed by atoms with E-state index in [2.05, 4.69) is 13.0 Å². The summed E-state index contributed by atoms with van der Waals surface area (Å²) < 4.78 is 11.9. The third-order valence-electron chi connectivity index (χ3n) is 5.95. The van der Waals surface area contributed by atoms with Gasteiger partial charge in [-0.05, 0) is 55.0 Å². The van der Waals surface area contributed by atoms with Gasteiger partial charge in [0.2, 0.25) is 0 Å². The second kappa shape index (κ2) is 10.3. The summed E-state index contributed by atoms with van der Waals surface area (Å²) >= 11 is 0. The molecular weight excluding hydrogens is 400 g/mol. The molecule has 4 nitrogen and oxygen atoms in total. The molecule has 32 heavy (non-hydrogen) atoms. The summed E-state index contributed by atoms with van der Waals surface area (Å²) in [7, 11) is 0. The molecule has 0 bridgehead atoms. The zero-order chi connectivity index (χ0) is 22.3. The van der Waals surface area contributed by atoms with E-state index in [1.165, 1.54) is 0 Å². The molecule has 4 rings (SSSR count). The van der Waals surface area contributed by atoms with Crippen LogP contribution in [-0.2, 0) is 6.42 Å². The number of hydrogen-bond acceptors (Lipinski definition) is 4. The minimum atomic E-state index is -0.455. The topological polar surface area (TPSA) is 52.6 Å². The lowest BCUT2D eigenvalue weighted by Gasteiger charge is -2.21. The highest BCUT2D eigenvalue weighted by atomic mass is 16.6. The smallest absolute Gasteiger partial charge is 0.343 e. The summed E-state index contributed by atoms with van der Waals surface area (Å²) in [5.74, 6) is 0.146. The standard InChI is InChI=1S/C28H28O4/c1-2-11-21-18-19-24(20-12-9-10-13-20)26(32-28(30)23-16-7-4-8-17-23)25(21)31-27(29)22-14-5-3-6-15-22/h3-8,14-20H,2,9-13H2,1H3. The number of carbonyl (C=O) groups is 2. The predicted molar refractivity (Wildman–Crippen MR) is 124 cm³/mol. The molecular formula is C28H28O4. The molecule has 0 radical (unpaired) electrons. The molecule has 4 heteroatoms. The molecule has 0 N–H and O–H groups in total. The van der Waals surface area contributed by atoms with Crippen LogP contribution in [0.15, 0.2) is 72.8 Å². The molecule has 0 saturated heterocycles. The number of rotatable bonds is 7. The van der Waals surface area contributed by atoms with Gasteiger partial charge in [-0.3, -0.25) is 0 Å². The Bertz CT molecular complexity index is 1070. The lowest BCUT2D eigenvalue weighted by Crippen LogP contribution is -2.16. The largest absolute Gasteiger partial charge is 0.419 e. The number of hydrogen-bond donors (Lipinski definition) is 0. The normalized spacial score (nSPS) is 13.7. The van der Waals surface area contributed by atoms with Gasteiger partial charge in [0.05, 0.1) is 11.1 Å². The van der Waals surface area contributed by atoms with E-state index in [1.807, 2.05) is 18.2 Å². The highest BCUT2D eigenvalue weighted by Gasteiger charge is 2.28. The van der Waals surface area contributed by atoms with Crippen molar-refractivity contribution in [2.75, 3.05) is 0 Å². The van der Waals surface area contributed by atoms with Gasteiger partial charge in [0, 0.05) is 5.56 Å². The van der Waals surface area contributed by atoms with Crippen molar-refractivity contribution in [1.82, 2.24) is 0 Å². The molecule has 3 aromatic carbocycles. The summed E-state index contributed by atoms with van der Waals surface area (Å²) in [5, 5.41) is 0. The maximum atomic E-state index is 13.0. The van der Waals surface area contributed by atoms with Gasteiger partial charge in [-0.1, -0.05) is 74.7 Å². The van der Waals surface area contributed by atoms with Crippen LogP contribution in [0.25, 0.3) is 0 Å². The number of ether oxygens (including phenoxy) is 2. The van der Waals surface area contributed by atoms with Crippen molar-refractivity contribution < 1.29 is 19.1 Å². The summed E-state index contributed by atoms with van der Waals surface area (Å²) in [6.07, 6.45) is 5.96. The first kappa shape index (κ1) is 21.8. The lowest BCUT2D eigenvalue weighted by molar-refractivity contribution is 0.0679. The van der Waals surface area contributed by atoms with Crippen molar-refractivity contribution in [2.45, 2.75) is 51.4 Å². The second-order valence-corrected chi connectivity index (χ2v) is 8.21. The summed E-state index contributed by atoms with van der Waals surface area (Å²) in [5.41, 5.74) is 2.74. The number of carbonyl (C=O) groups excluding carboxylic acids is 2. The first-order chi connectivity index (χ1) is 15.7. The monoisotopic (exact) mass is 428 g/mol. The third-order valence-corrected chi connectivity index (χ3v) is 5.95. The minimum Gasteiger partial charge on any atom is -0.419 e. The van der Waals surface area contributed by atoms with Crippen LogP contribution in [0.5, 0.6) is 11.5 Å². The van der Waals surface area contributed by atoms with E-state index in [-0.39, 0.29) is 0 Å². The maximum absolute atomic E-state index is 13.0. The van der Waals surface area contributed by atoms with E-state index in [0.717, 1.165) is 49.7 Å². The molecule has 164 valence electrons. The van der Waals surface area contributed by atoms with Crippen molar-refractivity contribution >= 4 is 11.9 Å². The molecule has 1 saturated carbocycles. The Kier molecular flexibility index (Phi) is 7.00. The van der Waals surface area contributed by atoms with Crippen molar-refractivity contribution in [2.24, 2.45) is 0 Å². The van der Waals surface area contributed by atoms with Gasteiger partial charge in [0.25, 0.3) is 0 Å². The Morgan fingerprint density at radius 1 is 0.750 bits per heavy atom. The third kappa shape index (κ3) is 4.91. The van der Waals surface area contributed by atoms with E-state index >= 15 is 0 Å². The van der Waals surface area contributed by atoms with Crippen LogP contribution in [0.1, 0.15) is 76.8 Å². The van der Waals surface area contributed by atoms with Crippen LogP contribution in [0.3, 0.4) is 0 Å². The maximum Gasteiger partial charge on any atom is 0.343 e. The van der Waals surface area contributed by atoms with Crippen molar-refractivity contribution in [3.63, 3.8) is 0 Å².